The Bertz CT molecular complexity index is 677. The van der Waals surface area contributed by atoms with E-state index in [0.29, 0.717) is 31.0 Å². The summed E-state index contributed by atoms with van der Waals surface area (Å²) in [6, 6.07) is 9.66. The van der Waals surface area contributed by atoms with Crippen LogP contribution in [0, 0.1) is 17.8 Å². The second-order valence-electron chi connectivity index (χ2n) is 8.88. The standard InChI is InChI=1S/C22H30N2O3/c25-21(9-11-26-17-4-2-1-3-5-17)23-12-18-19-14-24(13-16-6-7-16)15-22(19)10-8-20(18)27-22/h1-5,16,18-20H,6-15H2,(H,23,25)/t18-,19+,20+,22+/m0/s1. The quantitative estimate of drug-likeness (QED) is 0.764. The lowest BCUT2D eigenvalue weighted by Gasteiger charge is -2.29. The number of ether oxygens (including phenoxy) is 2. The molecular formula is C22H30N2O3. The van der Waals surface area contributed by atoms with Gasteiger partial charge in [0.15, 0.2) is 0 Å². The van der Waals surface area contributed by atoms with E-state index in [1.165, 1.54) is 25.8 Å². The lowest BCUT2D eigenvalue weighted by molar-refractivity contribution is -0.121. The molecule has 1 spiro atoms. The molecule has 1 aromatic carbocycles. The number of fused-ring (bicyclic) bond motifs is 1. The first-order chi connectivity index (χ1) is 13.2. The summed E-state index contributed by atoms with van der Waals surface area (Å²) in [4.78, 5) is 14.9. The van der Waals surface area contributed by atoms with Crippen LogP contribution in [0.25, 0.3) is 0 Å². The molecule has 5 rings (SSSR count). The molecule has 3 aliphatic heterocycles. The minimum Gasteiger partial charge on any atom is -0.493 e. The molecule has 146 valence electrons. The minimum absolute atomic E-state index is 0.0792. The lowest BCUT2D eigenvalue weighted by Crippen LogP contribution is -2.42. The average molecular weight is 370 g/mol. The van der Waals surface area contributed by atoms with Crippen LogP contribution in [0.3, 0.4) is 0 Å². The van der Waals surface area contributed by atoms with E-state index < -0.39 is 0 Å². The van der Waals surface area contributed by atoms with E-state index in [2.05, 4.69) is 10.2 Å². The van der Waals surface area contributed by atoms with Crippen LogP contribution >= 0.6 is 0 Å². The first-order valence-corrected chi connectivity index (χ1v) is 10.6. The normalized spacial score (nSPS) is 34.6. The number of rotatable bonds is 8. The summed E-state index contributed by atoms with van der Waals surface area (Å²) < 4.78 is 12.1. The van der Waals surface area contributed by atoms with Gasteiger partial charge in [-0.05, 0) is 43.7 Å². The van der Waals surface area contributed by atoms with Crippen LogP contribution < -0.4 is 10.1 Å². The number of amides is 1. The number of likely N-dealkylation sites (tertiary alicyclic amines) is 1. The van der Waals surface area contributed by atoms with Gasteiger partial charge in [0.1, 0.15) is 5.75 Å². The van der Waals surface area contributed by atoms with Crippen molar-refractivity contribution in [2.24, 2.45) is 17.8 Å². The Labute approximate surface area is 161 Å². The third-order valence-electron chi connectivity index (χ3n) is 6.94. The van der Waals surface area contributed by atoms with Crippen LogP contribution in [0.15, 0.2) is 30.3 Å². The van der Waals surface area contributed by atoms with Gasteiger partial charge >= 0.3 is 0 Å². The van der Waals surface area contributed by atoms with Crippen LogP contribution in [0.1, 0.15) is 32.1 Å². The zero-order chi connectivity index (χ0) is 18.3. The highest BCUT2D eigenvalue weighted by atomic mass is 16.5. The first-order valence-electron chi connectivity index (χ1n) is 10.6. The fraction of sp³-hybridized carbons (Fsp3) is 0.682. The number of nitrogens with one attached hydrogen (secondary N) is 1. The van der Waals surface area contributed by atoms with Crippen molar-refractivity contribution in [1.82, 2.24) is 10.2 Å². The van der Waals surface area contributed by atoms with Crippen molar-refractivity contribution in [2.45, 2.75) is 43.8 Å². The van der Waals surface area contributed by atoms with Crippen LogP contribution in [-0.4, -0.2) is 55.3 Å². The fourth-order valence-corrected chi connectivity index (χ4v) is 5.46. The summed E-state index contributed by atoms with van der Waals surface area (Å²) in [6.07, 6.45) is 5.92. The molecule has 2 bridgehead atoms. The van der Waals surface area contributed by atoms with Gasteiger partial charge in [0.05, 0.1) is 24.7 Å². The molecule has 3 saturated heterocycles. The number of benzene rings is 1. The van der Waals surface area contributed by atoms with Gasteiger partial charge in [0, 0.05) is 38.0 Å². The molecule has 0 radical (unpaired) electrons. The number of hydrogen-bond donors (Lipinski definition) is 1. The largest absolute Gasteiger partial charge is 0.493 e. The Kier molecular flexibility index (Phi) is 4.60. The van der Waals surface area contributed by atoms with Crippen LogP contribution in [-0.2, 0) is 9.53 Å². The number of nitrogens with zero attached hydrogens (tertiary/aromatic N) is 1. The van der Waals surface area contributed by atoms with E-state index in [1.54, 1.807) is 0 Å². The van der Waals surface area contributed by atoms with Crippen LogP contribution in [0.2, 0.25) is 0 Å². The maximum Gasteiger partial charge on any atom is 0.223 e. The Morgan fingerprint density at radius 3 is 2.93 bits per heavy atom. The molecule has 1 N–H and O–H groups in total. The SMILES string of the molecule is O=C(CCOc1ccccc1)NC[C@H]1[C@H]2CN(CC3CC3)C[C@]23CC[C@H]1O3. The number of para-hydroxylation sites is 1. The van der Waals surface area contributed by atoms with Crippen molar-refractivity contribution in [2.75, 3.05) is 32.8 Å². The van der Waals surface area contributed by atoms with Crippen LogP contribution in [0.5, 0.6) is 5.75 Å². The van der Waals surface area contributed by atoms with E-state index in [1.807, 2.05) is 30.3 Å². The Morgan fingerprint density at radius 2 is 2.11 bits per heavy atom. The van der Waals surface area contributed by atoms with Crippen molar-refractivity contribution >= 4 is 5.91 Å². The minimum atomic E-state index is 0.0792. The Hall–Kier alpha value is -1.59. The van der Waals surface area contributed by atoms with Gasteiger partial charge in [-0.3, -0.25) is 9.69 Å². The summed E-state index contributed by atoms with van der Waals surface area (Å²) in [6.45, 7) is 4.69. The third-order valence-corrected chi connectivity index (χ3v) is 6.94. The summed E-state index contributed by atoms with van der Waals surface area (Å²) in [5, 5.41) is 3.16. The van der Waals surface area contributed by atoms with Crippen molar-refractivity contribution in [3.63, 3.8) is 0 Å². The van der Waals surface area contributed by atoms with E-state index >= 15 is 0 Å². The second-order valence-corrected chi connectivity index (χ2v) is 8.88. The maximum atomic E-state index is 12.3. The highest BCUT2D eigenvalue weighted by molar-refractivity contribution is 5.76. The number of hydrogen-bond acceptors (Lipinski definition) is 4. The van der Waals surface area contributed by atoms with E-state index in [4.69, 9.17) is 9.47 Å². The molecule has 1 aromatic rings. The molecule has 4 fully saturated rings. The molecule has 4 aliphatic rings. The predicted octanol–water partition coefficient (Wildman–Crippen LogP) is 2.46. The van der Waals surface area contributed by atoms with Gasteiger partial charge < -0.3 is 14.8 Å². The fourth-order valence-electron chi connectivity index (χ4n) is 5.46. The second kappa shape index (κ2) is 7.10. The smallest absolute Gasteiger partial charge is 0.223 e. The van der Waals surface area contributed by atoms with Crippen molar-refractivity contribution < 1.29 is 14.3 Å². The Balaban J connectivity index is 1.09. The molecule has 1 amide bonds. The van der Waals surface area contributed by atoms with Gasteiger partial charge in [0.2, 0.25) is 5.91 Å². The third kappa shape index (κ3) is 3.59. The summed E-state index contributed by atoms with van der Waals surface area (Å²) >= 11 is 0. The predicted molar refractivity (Wildman–Crippen MR) is 103 cm³/mol. The van der Waals surface area contributed by atoms with Crippen molar-refractivity contribution in [3.05, 3.63) is 30.3 Å². The molecule has 0 aromatic heterocycles. The molecule has 0 unspecified atom stereocenters. The van der Waals surface area contributed by atoms with Gasteiger partial charge in [-0.15, -0.1) is 0 Å². The molecule has 5 heteroatoms. The van der Waals surface area contributed by atoms with E-state index in [0.717, 1.165) is 37.7 Å². The topological polar surface area (TPSA) is 50.8 Å². The molecule has 4 atom stereocenters. The highest BCUT2D eigenvalue weighted by Gasteiger charge is 2.62. The molecule has 3 heterocycles. The number of carbonyl (C=O) groups excluding carboxylic acids is 1. The zero-order valence-corrected chi connectivity index (χ0v) is 15.9. The Morgan fingerprint density at radius 1 is 1.26 bits per heavy atom. The molecule has 1 saturated carbocycles. The summed E-state index contributed by atoms with van der Waals surface area (Å²) in [5.41, 5.74) is 0.0887. The molecule has 1 aliphatic carbocycles. The number of carbonyl (C=O) groups is 1. The van der Waals surface area contributed by atoms with Crippen molar-refractivity contribution in [3.8, 4) is 5.75 Å². The lowest BCUT2D eigenvalue weighted by atomic mass is 9.73. The van der Waals surface area contributed by atoms with Crippen LogP contribution in [0.4, 0.5) is 0 Å². The zero-order valence-electron chi connectivity index (χ0n) is 15.9. The molecule has 5 nitrogen and oxygen atoms in total. The summed E-state index contributed by atoms with van der Waals surface area (Å²) in [5.74, 6) is 2.89. The van der Waals surface area contributed by atoms with Gasteiger partial charge in [0.25, 0.3) is 0 Å². The molecular weight excluding hydrogens is 340 g/mol. The highest BCUT2D eigenvalue weighted by Crippen LogP contribution is 2.55. The van der Waals surface area contributed by atoms with Gasteiger partial charge in [-0.2, -0.15) is 0 Å². The average Bonchev–Trinajstić information content (AvgIpc) is 3.17. The molecule has 27 heavy (non-hydrogen) atoms. The van der Waals surface area contributed by atoms with Gasteiger partial charge in [-0.1, -0.05) is 18.2 Å². The van der Waals surface area contributed by atoms with E-state index in [-0.39, 0.29) is 11.5 Å². The first kappa shape index (κ1) is 17.5. The van der Waals surface area contributed by atoms with Crippen molar-refractivity contribution in [1.29, 1.82) is 0 Å². The van der Waals surface area contributed by atoms with Gasteiger partial charge in [-0.25, -0.2) is 0 Å². The maximum absolute atomic E-state index is 12.3. The van der Waals surface area contributed by atoms with E-state index in [9.17, 15) is 4.79 Å². The summed E-state index contributed by atoms with van der Waals surface area (Å²) in [7, 11) is 0. The monoisotopic (exact) mass is 370 g/mol.